The number of nitrogens with two attached hydrogens (primary N) is 1. The van der Waals surface area contributed by atoms with Crippen molar-refractivity contribution in [3.8, 4) is 0 Å². The van der Waals surface area contributed by atoms with Crippen molar-refractivity contribution in [3.05, 3.63) is 0 Å². The Bertz CT molecular complexity index is 190. The molecule has 0 aromatic rings. The Morgan fingerprint density at radius 1 is 1.06 bits per heavy atom. The van der Waals surface area contributed by atoms with Crippen LogP contribution in [-0.2, 0) is 0 Å². The maximum Gasteiger partial charge on any atom is -0.00186 e. The second-order valence-electron chi connectivity index (χ2n) is 6.68. The molecule has 102 valence electrons. The Morgan fingerprint density at radius 3 is 2.24 bits per heavy atom. The van der Waals surface area contributed by atoms with Gasteiger partial charge in [-0.1, -0.05) is 27.2 Å². The molecule has 1 rings (SSSR count). The minimum Gasteiger partial charge on any atom is -0.330 e. The van der Waals surface area contributed by atoms with Gasteiger partial charge in [0.15, 0.2) is 0 Å². The molecule has 0 radical (unpaired) electrons. The first-order chi connectivity index (χ1) is 8.04. The lowest BCUT2D eigenvalue weighted by atomic mass is 9.76. The molecule has 0 aliphatic carbocycles. The summed E-state index contributed by atoms with van der Waals surface area (Å²) in [6.07, 6.45) is 8.13. The molecule has 2 N–H and O–H groups in total. The van der Waals surface area contributed by atoms with E-state index in [4.69, 9.17) is 5.73 Å². The van der Waals surface area contributed by atoms with E-state index in [-0.39, 0.29) is 0 Å². The van der Waals surface area contributed by atoms with Gasteiger partial charge in [0.2, 0.25) is 0 Å². The third-order valence-electron chi connectivity index (χ3n) is 4.22. The van der Waals surface area contributed by atoms with E-state index in [0.717, 1.165) is 12.5 Å². The Kier molecular flexibility index (Phi) is 6.50. The zero-order chi connectivity index (χ0) is 12.7. The van der Waals surface area contributed by atoms with Crippen molar-refractivity contribution in [2.75, 3.05) is 26.2 Å². The van der Waals surface area contributed by atoms with Gasteiger partial charge in [-0.15, -0.1) is 0 Å². The topological polar surface area (TPSA) is 29.3 Å². The lowest BCUT2D eigenvalue weighted by Gasteiger charge is -2.32. The summed E-state index contributed by atoms with van der Waals surface area (Å²) >= 11 is 0. The molecular formula is C15H32N2. The first-order valence-electron chi connectivity index (χ1n) is 7.46. The van der Waals surface area contributed by atoms with Gasteiger partial charge >= 0.3 is 0 Å². The molecule has 2 nitrogen and oxygen atoms in total. The van der Waals surface area contributed by atoms with Crippen LogP contribution in [0.3, 0.4) is 0 Å². The highest BCUT2D eigenvalue weighted by Crippen LogP contribution is 2.32. The van der Waals surface area contributed by atoms with Gasteiger partial charge in [-0.25, -0.2) is 0 Å². The summed E-state index contributed by atoms with van der Waals surface area (Å²) < 4.78 is 0. The predicted octanol–water partition coefficient (Wildman–Crippen LogP) is 3.26. The van der Waals surface area contributed by atoms with E-state index in [1.807, 2.05) is 0 Å². The number of piperidine rings is 1. The molecule has 0 saturated carbocycles. The standard InChI is InChI=1S/C15H32N2/c1-15(2,3)14(9-10-16)8-7-13-17-11-5-4-6-12-17/h14H,4-13,16H2,1-3H3. The van der Waals surface area contributed by atoms with Crippen molar-refractivity contribution in [1.29, 1.82) is 0 Å². The van der Waals surface area contributed by atoms with Gasteiger partial charge in [0.1, 0.15) is 0 Å². The van der Waals surface area contributed by atoms with Crippen molar-refractivity contribution in [2.45, 2.75) is 59.3 Å². The van der Waals surface area contributed by atoms with Crippen LogP contribution in [0.2, 0.25) is 0 Å². The second-order valence-corrected chi connectivity index (χ2v) is 6.68. The number of hydrogen-bond acceptors (Lipinski definition) is 2. The molecule has 0 spiro atoms. The summed E-state index contributed by atoms with van der Waals surface area (Å²) in [7, 11) is 0. The molecule has 1 saturated heterocycles. The van der Waals surface area contributed by atoms with Crippen molar-refractivity contribution in [1.82, 2.24) is 4.90 Å². The number of rotatable bonds is 6. The van der Waals surface area contributed by atoms with Crippen molar-refractivity contribution >= 4 is 0 Å². The number of hydrogen-bond donors (Lipinski definition) is 1. The summed E-state index contributed by atoms with van der Waals surface area (Å²) in [6.45, 7) is 11.9. The van der Waals surface area contributed by atoms with Crippen LogP contribution in [-0.4, -0.2) is 31.1 Å². The first-order valence-corrected chi connectivity index (χ1v) is 7.46. The Balaban J connectivity index is 2.21. The van der Waals surface area contributed by atoms with Gasteiger partial charge in [-0.05, 0) is 69.6 Å². The van der Waals surface area contributed by atoms with E-state index in [2.05, 4.69) is 25.7 Å². The molecule has 1 aliphatic heterocycles. The molecule has 1 heterocycles. The first kappa shape index (κ1) is 15.0. The SMILES string of the molecule is CC(C)(C)C(CCN)CCCN1CCCCC1. The van der Waals surface area contributed by atoms with Crippen LogP contribution in [0.25, 0.3) is 0 Å². The minimum atomic E-state index is 0.418. The van der Waals surface area contributed by atoms with Crippen LogP contribution in [0.15, 0.2) is 0 Å². The van der Waals surface area contributed by atoms with E-state index >= 15 is 0 Å². The van der Waals surface area contributed by atoms with Crippen molar-refractivity contribution in [2.24, 2.45) is 17.1 Å². The molecule has 1 unspecified atom stereocenters. The minimum absolute atomic E-state index is 0.418. The average molecular weight is 240 g/mol. The van der Waals surface area contributed by atoms with Gasteiger partial charge in [0, 0.05) is 0 Å². The molecule has 2 heteroatoms. The zero-order valence-electron chi connectivity index (χ0n) is 12.2. The fraction of sp³-hybridized carbons (Fsp3) is 1.00. The summed E-state index contributed by atoms with van der Waals surface area (Å²) in [5.74, 6) is 0.789. The Hall–Kier alpha value is -0.0800. The smallest absolute Gasteiger partial charge is 0.00186 e. The van der Waals surface area contributed by atoms with Crippen LogP contribution in [0.5, 0.6) is 0 Å². The highest BCUT2D eigenvalue weighted by atomic mass is 15.1. The summed E-state index contributed by atoms with van der Waals surface area (Å²) in [6, 6.07) is 0. The van der Waals surface area contributed by atoms with Gasteiger partial charge in [0.05, 0.1) is 0 Å². The lowest BCUT2D eigenvalue weighted by Crippen LogP contribution is -2.31. The maximum atomic E-state index is 5.73. The highest BCUT2D eigenvalue weighted by molar-refractivity contribution is 4.75. The van der Waals surface area contributed by atoms with Gasteiger partial charge in [0.25, 0.3) is 0 Å². The third-order valence-corrected chi connectivity index (χ3v) is 4.22. The molecule has 1 aliphatic rings. The highest BCUT2D eigenvalue weighted by Gasteiger charge is 2.23. The normalized spacial score (nSPS) is 20.5. The predicted molar refractivity (Wildman–Crippen MR) is 76.1 cm³/mol. The molecule has 0 amide bonds. The van der Waals surface area contributed by atoms with Crippen LogP contribution in [0.4, 0.5) is 0 Å². The average Bonchev–Trinajstić information content (AvgIpc) is 2.28. The van der Waals surface area contributed by atoms with Gasteiger partial charge in [-0.3, -0.25) is 0 Å². The molecule has 17 heavy (non-hydrogen) atoms. The monoisotopic (exact) mass is 240 g/mol. The third kappa shape index (κ3) is 5.87. The van der Waals surface area contributed by atoms with Crippen molar-refractivity contribution in [3.63, 3.8) is 0 Å². The molecular weight excluding hydrogens is 208 g/mol. The molecule has 1 fully saturated rings. The molecule has 1 atom stereocenters. The van der Waals surface area contributed by atoms with E-state index in [1.54, 1.807) is 0 Å². The Labute approximate surface area is 108 Å². The number of likely N-dealkylation sites (tertiary alicyclic amines) is 1. The summed E-state index contributed by atoms with van der Waals surface area (Å²) in [4.78, 5) is 2.64. The molecule has 0 aromatic heterocycles. The summed E-state index contributed by atoms with van der Waals surface area (Å²) in [5, 5.41) is 0. The molecule has 0 bridgehead atoms. The lowest BCUT2D eigenvalue weighted by molar-refractivity contribution is 0.182. The van der Waals surface area contributed by atoms with Crippen LogP contribution in [0, 0.1) is 11.3 Å². The quantitative estimate of drug-likeness (QED) is 0.772. The fourth-order valence-corrected chi connectivity index (χ4v) is 2.96. The van der Waals surface area contributed by atoms with E-state index < -0.39 is 0 Å². The second kappa shape index (κ2) is 7.38. The number of nitrogens with zero attached hydrogens (tertiary/aromatic N) is 1. The zero-order valence-corrected chi connectivity index (χ0v) is 12.2. The Morgan fingerprint density at radius 2 is 1.71 bits per heavy atom. The fourth-order valence-electron chi connectivity index (χ4n) is 2.96. The van der Waals surface area contributed by atoms with E-state index in [0.29, 0.717) is 5.41 Å². The van der Waals surface area contributed by atoms with Crippen LogP contribution < -0.4 is 5.73 Å². The van der Waals surface area contributed by atoms with Crippen LogP contribution in [0.1, 0.15) is 59.3 Å². The van der Waals surface area contributed by atoms with E-state index in [1.165, 1.54) is 58.2 Å². The van der Waals surface area contributed by atoms with Crippen LogP contribution >= 0.6 is 0 Å². The van der Waals surface area contributed by atoms with Gasteiger partial charge in [-0.2, -0.15) is 0 Å². The van der Waals surface area contributed by atoms with E-state index in [9.17, 15) is 0 Å². The maximum absolute atomic E-state index is 5.73. The van der Waals surface area contributed by atoms with Gasteiger partial charge < -0.3 is 10.6 Å². The van der Waals surface area contributed by atoms with Crippen molar-refractivity contribution < 1.29 is 0 Å². The molecule has 0 aromatic carbocycles. The summed E-state index contributed by atoms with van der Waals surface area (Å²) in [5.41, 5.74) is 6.15. The largest absolute Gasteiger partial charge is 0.330 e.